The Morgan fingerprint density at radius 1 is 0.568 bits per heavy atom. The van der Waals surface area contributed by atoms with E-state index in [9.17, 15) is 19.2 Å². The summed E-state index contributed by atoms with van der Waals surface area (Å²) in [5, 5.41) is 0. The second-order valence-corrected chi connectivity index (χ2v) is 9.21. The molecule has 1 spiro atoms. The minimum atomic E-state index is -0.914. The van der Waals surface area contributed by atoms with Crippen LogP contribution in [-0.4, -0.2) is 23.5 Å². The molecule has 0 saturated heterocycles. The van der Waals surface area contributed by atoms with Gasteiger partial charge in [0.1, 0.15) is 11.5 Å². The fraction of sp³-hybridized carbons (Fsp3) is 0.0968. The molecule has 6 heteroatoms. The third-order valence-electron chi connectivity index (χ3n) is 6.98. The van der Waals surface area contributed by atoms with E-state index in [0.717, 1.165) is 0 Å². The summed E-state index contributed by atoms with van der Waals surface area (Å²) in [5.74, 6) is -0.649. The van der Waals surface area contributed by atoms with Crippen LogP contribution in [0.2, 0.25) is 0 Å². The number of esters is 2. The quantitative estimate of drug-likeness (QED) is 0.275. The van der Waals surface area contributed by atoms with Crippen LogP contribution in [0, 0.1) is 0 Å². The van der Waals surface area contributed by atoms with E-state index >= 15 is 0 Å². The smallest absolute Gasteiger partial charge is 0.343 e. The van der Waals surface area contributed by atoms with Gasteiger partial charge in [-0.2, -0.15) is 0 Å². The number of carbonyl (C=O) groups is 4. The molecule has 0 heterocycles. The van der Waals surface area contributed by atoms with Crippen molar-refractivity contribution >= 4 is 23.5 Å². The van der Waals surface area contributed by atoms with Crippen molar-refractivity contribution in [2.24, 2.45) is 0 Å². The van der Waals surface area contributed by atoms with Gasteiger partial charge in [-0.1, -0.05) is 36.4 Å². The van der Waals surface area contributed by atoms with Gasteiger partial charge in [0.25, 0.3) is 0 Å². The van der Waals surface area contributed by atoms with Crippen LogP contribution in [-0.2, 0) is 5.41 Å². The summed E-state index contributed by atoms with van der Waals surface area (Å²) < 4.78 is 11.2. The van der Waals surface area contributed by atoms with Gasteiger partial charge in [-0.25, -0.2) is 9.59 Å². The molecular formula is C31H20O6. The predicted octanol–water partition coefficient (Wildman–Crippen LogP) is 5.58. The lowest BCUT2D eigenvalue weighted by molar-refractivity contribution is 0.0725. The molecule has 0 aromatic heterocycles. The van der Waals surface area contributed by atoms with Gasteiger partial charge in [0.2, 0.25) is 0 Å². The number of ketones is 2. The van der Waals surface area contributed by atoms with E-state index in [1.54, 1.807) is 84.9 Å². The van der Waals surface area contributed by atoms with Crippen molar-refractivity contribution < 1.29 is 28.7 Å². The lowest BCUT2D eigenvalue weighted by atomic mass is 9.76. The van der Waals surface area contributed by atoms with Crippen molar-refractivity contribution in [2.75, 3.05) is 0 Å². The third-order valence-corrected chi connectivity index (χ3v) is 6.98. The Bertz CT molecular complexity index is 1470. The van der Waals surface area contributed by atoms with E-state index in [1.165, 1.54) is 0 Å². The average Bonchev–Trinajstić information content (AvgIpc) is 3.36. The molecule has 0 radical (unpaired) electrons. The lowest BCUT2D eigenvalue weighted by Crippen LogP contribution is -2.23. The van der Waals surface area contributed by atoms with Crippen LogP contribution in [0.1, 0.15) is 65.4 Å². The van der Waals surface area contributed by atoms with Crippen LogP contribution >= 0.6 is 0 Å². The summed E-state index contributed by atoms with van der Waals surface area (Å²) in [7, 11) is 0. The van der Waals surface area contributed by atoms with Crippen LogP contribution in [0.3, 0.4) is 0 Å². The Morgan fingerprint density at radius 3 is 1.38 bits per heavy atom. The number of hydrogen-bond donors (Lipinski definition) is 0. The summed E-state index contributed by atoms with van der Waals surface area (Å²) in [6, 6.07) is 27.0. The van der Waals surface area contributed by atoms with E-state index in [2.05, 4.69) is 0 Å². The lowest BCUT2D eigenvalue weighted by Gasteiger charge is -2.25. The van der Waals surface area contributed by atoms with Crippen LogP contribution < -0.4 is 9.47 Å². The summed E-state index contributed by atoms with van der Waals surface area (Å²) in [4.78, 5) is 51.3. The molecule has 0 atom stereocenters. The molecule has 4 aromatic rings. The molecule has 180 valence electrons. The fourth-order valence-corrected chi connectivity index (χ4v) is 5.26. The minimum absolute atomic E-state index is 0.0942. The maximum atomic E-state index is 13.0. The Morgan fingerprint density at radius 2 is 0.973 bits per heavy atom. The van der Waals surface area contributed by atoms with Gasteiger partial charge in [0.05, 0.1) is 11.1 Å². The molecule has 0 N–H and O–H groups in total. The zero-order valence-corrected chi connectivity index (χ0v) is 19.6. The first-order valence-corrected chi connectivity index (χ1v) is 11.8. The standard InChI is InChI=1S/C31H20O6/c32-27-17-31(25-15-21(11-13-23(25)27)36-29(34)19-7-3-1-4-8-19)18-28(33)24-14-12-22(16-26(24)31)37-30(35)20-9-5-2-6-10-20/h1-16H,17-18H2. The highest BCUT2D eigenvalue weighted by molar-refractivity contribution is 6.10. The Balaban J connectivity index is 1.37. The van der Waals surface area contributed by atoms with Crippen LogP contribution in [0.4, 0.5) is 0 Å². The third kappa shape index (κ3) is 3.83. The van der Waals surface area contributed by atoms with E-state index in [0.29, 0.717) is 33.4 Å². The zero-order valence-electron chi connectivity index (χ0n) is 19.6. The highest BCUT2D eigenvalue weighted by Gasteiger charge is 2.51. The van der Waals surface area contributed by atoms with Crippen LogP contribution in [0.15, 0.2) is 97.1 Å². The topological polar surface area (TPSA) is 86.7 Å². The molecule has 0 unspecified atom stereocenters. The van der Waals surface area contributed by atoms with Crippen molar-refractivity contribution in [3.63, 3.8) is 0 Å². The largest absolute Gasteiger partial charge is 0.423 e. The number of carbonyl (C=O) groups excluding carboxylic acids is 4. The second-order valence-electron chi connectivity index (χ2n) is 9.21. The van der Waals surface area contributed by atoms with Crippen LogP contribution in [0.25, 0.3) is 0 Å². The number of benzene rings is 4. The molecule has 6 rings (SSSR count). The average molecular weight is 488 g/mol. The number of Topliss-reactive ketones (excluding diaryl/α,β-unsaturated/α-hetero) is 2. The van der Waals surface area contributed by atoms with Gasteiger partial charge in [-0.05, 0) is 71.8 Å². The van der Waals surface area contributed by atoms with E-state index < -0.39 is 17.4 Å². The fourth-order valence-electron chi connectivity index (χ4n) is 5.26. The summed E-state index contributed by atoms with van der Waals surface area (Å²) in [6.45, 7) is 0. The molecule has 37 heavy (non-hydrogen) atoms. The van der Waals surface area contributed by atoms with E-state index in [4.69, 9.17) is 9.47 Å². The molecular weight excluding hydrogens is 468 g/mol. The number of rotatable bonds is 4. The van der Waals surface area contributed by atoms with Gasteiger partial charge in [-0.15, -0.1) is 0 Å². The Hall–Kier alpha value is -4.84. The molecule has 0 fully saturated rings. The zero-order chi connectivity index (χ0) is 25.6. The first kappa shape index (κ1) is 22.6. The molecule has 0 aliphatic heterocycles. The number of ether oxygens (including phenoxy) is 2. The molecule has 0 amide bonds. The molecule has 0 saturated carbocycles. The van der Waals surface area contributed by atoms with Gasteiger partial charge in [0.15, 0.2) is 11.6 Å². The Labute approximate surface area is 212 Å². The SMILES string of the molecule is O=C(Oc1ccc2c(c1)C1(CC2=O)CC(=O)c2ccc(OC(=O)c3ccccc3)cc21)c1ccccc1. The Kier molecular flexibility index (Phi) is 5.30. The highest BCUT2D eigenvalue weighted by atomic mass is 16.5. The van der Waals surface area contributed by atoms with Gasteiger partial charge in [-0.3, -0.25) is 9.59 Å². The van der Waals surface area contributed by atoms with Gasteiger partial charge in [0, 0.05) is 29.4 Å². The maximum absolute atomic E-state index is 13.0. The summed E-state index contributed by atoms with van der Waals surface area (Å²) in [6.07, 6.45) is 0.209. The highest BCUT2D eigenvalue weighted by Crippen LogP contribution is 2.53. The summed E-state index contributed by atoms with van der Waals surface area (Å²) in [5.41, 5.74) is 2.14. The normalized spacial score (nSPS) is 14.8. The molecule has 4 aromatic carbocycles. The maximum Gasteiger partial charge on any atom is 0.343 e. The monoisotopic (exact) mass is 488 g/mol. The number of fused-ring (bicyclic) bond motifs is 4. The van der Waals surface area contributed by atoms with Gasteiger partial charge < -0.3 is 9.47 Å². The van der Waals surface area contributed by atoms with Gasteiger partial charge >= 0.3 is 11.9 Å². The van der Waals surface area contributed by atoms with Crippen molar-refractivity contribution in [3.8, 4) is 11.5 Å². The first-order valence-electron chi connectivity index (χ1n) is 11.8. The number of hydrogen-bond acceptors (Lipinski definition) is 6. The first-order chi connectivity index (χ1) is 17.9. The minimum Gasteiger partial charge on any atom is -0.423 e. The van der Waals surface area contributed by atoms with Crippen molar-refractivity contribution in [3.05, 3.63) is 130 Å². The van der Waals surface area contributed by atoms with Crippen molar-refractivity contribution in [1.29, 1.82) is 0 Å². The van der Waals surface area contributed by atoms with Crippen LogP contribution in [0.5, 0.6) is 11.5 Å². The summed E-state index contributed by atoms with van der Waals surface area (Å²) >= 11 is 0. The van der Waals surface area contributed by atoms with E-state index in [1.807, 2.05) is 12.1 Å². The molecule has 0 bridgehead atoms. The second kappa shape index (κ2) is 8.68. The molecule has 6 nitrogen and oxygen atoms in total. The predicted molar refractivity (Wildman–Crippen MR) is 134 cm³/mol. The van der Waals surface area contributed by atoms with E-state index in [-0.39, 0.29) is 35.9 Å². The van der Waals surface area contributed by atoms with Crippen molar-refractivity contribution in [1.82, 2.24) is 0 Å². The molecule has 2 aliphatic carbocycles. The molecule has 2 aliphatic rings. The van der Waals surface area contributed by atoms with Crippen molar-refractivity contribution in [2.45, 2.75) is 18.3 Å².